The van der Waals surface area contributed by atoms with E-state index in [2.05, 4.69) is 19.2 Å². The Morgan fingerprint density at radius 2 is 1.90 bits per heavy atom. The summed E-state index contributed by atoms with van der Waals surface area (Å²) in [5.41, 5.74) is 0. The van der Waals surface area contributed by atoms with E-state index in [9.17, 15) is 14.7 Å². The molecule has 1 fully saturated rings. The van der Waals surface area contributed by atoms with E-state index >= 15 is 0 Å². The summed E-state index contributed by atoms with van der Waals surface area (Å²) >= 11 is 0. The van der Waals surface area contributed by atoms with Crippen molar-refractivity contribution in [2.75, 3.05) is 19.8 Å². The summed E-state index contributed by atoms with van der Waals surface area (Å²) in [5.74, 6) is -1.29. The zero-order valence-corrected chi connectivity index (χ0v) is 12.7. The molecule has 0 radical (unpaired) electrons. The van der Waals surface area contributed by atoms with Gasteiger partial charge in [0.05, 0.1) is 18.4 Å². The fourth-order valence-electron chi connectivity index (χ4n) is 3.30. The predicted octanol–water partition coefficient (Wildman–Crippen LogP) is 1.69. The van der Waals surface area contributed by atoms with E-state index in [-0.39, 0.29) is 17.7 Å². The lowest BCUT2D eigenvalue weighted by Crippen LogP contribution is -2.41. The van der Waals surface area contributed by atoms with Gasteiger partial charge < -0.3 is 15.2 Å². The summed E-state index contributed by atoms with van der Waals surface area (Å²) in [5, 5.41) is 12.1. The van der Waals surface area contributed by atoms with Crippen molar-refractivity contribution < 1.29 is 19.4 Å². The zero-order valence-electron chi connectivity index (χ0n) is 12.7. The van der Waals surface area contributed by atoms with Crippen molar-refractivity contribution in [2.24, 2.45) is 29.6 Å². The molecular formula is C16H25NO4. The van der Waals surface area contributed by atoms with Crippen LogP contribution in [0.5, 0.6) is 0 Å². The van der Waals surface area contributed by atoms with Gasteiger partial charge in [-0.1, -0.05) is 26.0 Å². The van der Waals surface area contributed by atoms with Crippen molar-refractivity contribution in [3.05, 3.63) is 12.2 Å². The molecule has 5 nitrogen and oxygen atoms in total. The summed E-state index contributed by atoms with van der Waals surface area (Å²) in [4.78, 5) is 23.6. The summed E-state index contributed by atoms with van der Waals surface area (Å²) in [6.45, 7) is 5.90. The predicted molar refractivity (Wildman–Crippen MR) is 78.6 cm³/mol. The normalized spacial score (nSPS) is 30.0. The second kappa shape index (κ2) is 7.07. The van der Waals surface area contributed by atoms with Gasteiger partial charge in [0.2, 0.25) is 5.91 Å². The number of allylic oxidation sites excluding steroid dienone is 2. The van der Waals surface area contributed by atoms with Gasteiger partial charge in [0, 0.05) is 13.2 Å². The topological polar surface area (TPSA) is 75.6 Å². The van der Waals surface area contributed by atoms with Gasteiger partial charge in [0.15, 0.2) is 0 Å². The molecule has 21 heavy (non-hydrogen) atoms. The minimum absolute atomic E-state index is 0.0190. The third kappa shape index (κ3) is 3.84. The van der Waals surface area contributed by atoms with E-state index in [0.29, 0.717) is 25.7 Å². The van der Waals surface area contributed by atoms with Crippen molar-refractivity contribution >= 4 is 11.9 Å². The highest BCUT2D eigenvalue weighted by Crippen LogP contribution is 2.48. The molecule has 0 aromatic carbocycles. The van der Waals surface area contributed by atoms with Gasteiger partial charge in [-0.25, -0.2) is 0 Å². The van der Waals surface area contributed by atoms with Crippen LogP contribution in [-0.4, -0.2) is 36.7 Å². The van der Waals surface area contributed by atoms with Crippen LogP contribution >= 0.6 is 0 Å². The lowest BCUT2D eigenvalue weighted by atomic mass is 9.82. The van der Waals surface area contributed by atoms with Gasteiger partial charge in [-0.3, -0.25) is 9.59 Å². The van der Waals surface area contributed by atoms with E-state index in [4.69, 9.17) is 4.74 Å². The first-order valence-corrected chi connectivity index (χ1v) is 7.77. The van der Waals surface area contributed by atoms with Crippen LogP contribution in [0.15, 0.2) is 12.2 Å². The van der Waals surface area contributed by atoms with Gasteiger partial charge in [-0.2, -0.15) is 0 Å². The van der Waals surface area contributed by atoms with Crippen LogP contribution in [0.3, 0.4) is 0 Å². The monoisotopic (exact) mass is 295 g/mol. The number of carboxylic acid groups (broad SMARTS) is 1. The molecule has 2 aliphatic rings. The Kier molecular flexibility index (Phi) is 5.39. The Labute approximate surface area is 125 Å². The highest BCUT2D eigenvalue weighted by molar-refractivity contribution is 5.86. The maximum Gasteiger partial charge on any atom is 0.307 e. The molecule has 4 atom stereocenters. The van der Waals surface area contributed by atoms with Crippen LogP contribution in [0.4, 0.5) is 0 Å². The van der Waals surface area contributed by atoms with Crippen LogP contribution in [0.1, 0.15) is 26.7 Å². The second-order valence-electron chi connectivity index (χ2n) is 6.42. The molecule has 0 aromatic heterocycles. The average molecular weight is 295 g/mol. The smallest absolute Gasteiger partial charge is 0.307 e. The molecule has 118 valence electrons. The van der Waals surface area contributed by atoms with Crippen LogP contribution in [0.2, 0.25) is 0 Å². The van der Waals surface area contributed by atoms with Crippen LogP contribution < -0.4 is 5.32 Å². The Morgan fingerprint density at radius 3 is 2.52 bits per heavy atom. The van der Waals surface area contributed by atoms with Crippen molar-refractivity contribution in [3.63, 3.8) is 0 Å². The Bertz CT molecular complexity index is 419. The van der Waals surface area contributed by atoms with E-state index in [1.165, 1.54) is 0 Å². The molecule has 1 saturated carbocycles. The van der Waals surface area contributed by atoms with Gasteiger partial charge in [-0.05, 0) is 30.6 Å². The van der Waals surface area contributed by atoms with Crippen LogP contribution in [0.25, 0.3) is 0 Å². The molecule has 2 rings (SSSR count). The van der Waals surface area contributed by atoms with Crippen LogP contribution in [-0.2, 0) is 14.3 Å². The minimum atomic E-state index is -0.861. The van der Waals surface area contributed by atoms with Gasteiger partial charge in [-0.15, -0.1) is 0 Å². The lowest BCUT2D eigenvalue weighted by molar-refractivity contribution is -0.147. The molecule has 5 heteroatoms. The molecule has 2 N–H and O–H groups in total. The first-order valence-electron chi connectivity index (χ1n) is 7.77. The molecule has 1 amide bonds. The number of fused-ring (bicyclic) bond motifs is 2. The number of carbonyl (C=O) groups is 2. The van der Waals surface area contributed by atoms with Gasteiger partial charge in [0.1, 0.15) is 0 Å². The minimum Gasteiger partial charge on any atom is -0.481 e. The maximum atomic E-state index is 12.2. The van der Waals surface area contributed by atoms with E-state index in [0.717, 1.165) is 12.8 Å². The van der Waals surface area contributed by atoms with Crippen molar-refractivity contribution in [2.45, 2.75) is 26.7 Å². The SMILES string of the molecule is CC(C)CCOCCNC(=O)[C@H]1C2C=CC(C2)[C@H]1C(=O)O. The van der Waals surface area contributed by atoms with Crippen LogP contribution in [0, 0.1) is 29.6 Å². The average Bonchev–Trinajstić information content (AvgIpc) is 3.02. The summed E-state index contributed by atoms with van der Waals surface area (Å²) in [6, 6.07) is 0. The van der Waals surface area contributed by atoms with Crippen molar-refractivity contribution in [1.82, 2.24) is 5.32 Å². The Balaban J connectivity index is 1.73. The number of hydrogen-bond donors (Lipinski definition) is 2. The second-order valence-corrected chi connectivity index (χ2v) is 6.42. The molecule has 0 aromatic rings. The first-order chi connectivity index (χ1) is 10.0. The summed E-state index contributed by atoms with van der Waals surface area (Å²) in [6.07, 6.45) is 5.74. The lowest BCUT2D eigenvalue weighted by Gasteiger charge is -2.23. The number of carboxylic acids is 1. The molecule has 0 spiro atoms. The van der Waals surface area contributed by atoms with E-state index < -0.39 is 17.8 Å². The summed E-state index contributed by atoms with van der Waals surface area (Å²) < 4.78 is 5.45. The number of aliphatic carboxylic acids is 1. The first kappa shape index (κ1) is 16.0. The molecule has 0 saturated heterocycles. The summed E-state index contributed by atoms with van der Waals surface area (Å²) in [7, 11) is 0. The van der Waals surface area contributed by atoms with Crippen molar-refractivity contribution in [3.8, 4) is 0 Å². The number of carbonyl (C=O) groups excluding carboxylic acids is 1. The van der Waals surface area contributed by atoms with Crippen molar-refractivity contribution in [1.29, 1.82) is 0 Å². The number of rotatable bonds is 8. The highest BCUT2D eigenvalue weighted by atomic mass is 16.5. The molecular weight excluding hydrogens is 270 g/mol. The van der Waals surface area contributed by atoms with E-state index in [1.54, 1.807) is 0 Å². The molecule has 2 bridgehead atoms. The highest BCUT2D eigenvalue weighted by Gasteiger charge is 2.51. The molecule has 0 heterocycles. The number of amides is 1. The maximum absolute atomic E-state index is 12.2. The standard InChI is InChI=1S/C16H25NO4/c1-10(2)5-7-21-8-6-17-15(18)13-11-3-4-12(9-11)14(13)16(19)20/h3-4,10-14H,5-9H2,1-2H3,(H,17,18)(H,19,20)/t11?,12?,13-,14+/m0/s1. The third-order valence-electron chi connectivity index (χ3n) is 4.43. The fraction of sp³-hybridized carbons (Fsp3) is 0.750. The Hall–Kier alpha value is -1.36. The largest absolute Gasteiger partial charge is 0.481 e. The van der Waals surface area contributed by atoms with Gasteiger partial charge >= 0.3 is 5.97 Å². The number of hydrogen-bond acceptors (Lipinski definition) is 3. The zero-order chi connectivity index (χ0) is 15.4. The fourth-order valence-corrected chi connectivity index (χ4v) is 3.30. The van der Waals surface area contributed by atoms with E-state index in [1.807, 2.05) is 12.2 Å². The Morgan fingerprint density at radius 1 is 1.24 bits per heavy atom. The number of nitrogens with one attached hydrogen (secondary N) is 1. The molecule has 0 aliphatic heterocycles. The van der Waals surface area contributed by atoms with Gasteiger partial charge in [0.25, 0.3) is 0 Å². The quantitative estimate of drug-likeness (QED) is 0.528. The number of ether oxygens (including phenoxy) is 1. The third-order valence-corrected chi connectivity index (χ3v) is 4.43. The molecule has 2 unspecified atom stereocenters. The molecule has 2 aliphatic carbocycles.